The lowest BCUT2D eigenvalue weighted by atomic mass is 9.91. The minimum absolute atomic E-state index is 0.00444. The number of piperidine rings is 1. The van der Waals surface area contributed by atoms with Gasteiger partial charge in [-0.2, -0.15) is 0 Å². The third-order valence-electron chi connectivity index (χ3n) is 3.63. The summed E-state index contributed by atoms with van der Waals surface area (Å²) >= 11 is 0. The molecule has 2 amide bonds. The fourth-order valence-corrected chi connectivity index (χ4v) is 2.38. The van der Waals surface area contributed by atoms with Crippen LogP contribution in [0.25, 0.3) is 0 Å². The number of hydrogen-bond donors (Lipinski definition) is 2. The molecule has 104 valence electrons. The molecule has 0 aromatic heterocycles. The van der Waals surface area contributed by atoms with Crippen LogP contribution in [0.5, 0.6) is 0 Å². The summed E-state index contributed by atoms with van der Waals surface area (Å²) < 4.78 is 0. The largest absolute Gasteiger partial charge is 0.347 e. The van der Waals surface area contributed by atoms with Crippen LogP contribution in [0.4, 0.5) is 0 Å². The Hall–Kier alpha value is -1.10. The van der Waals surface area contributed by atoms with Crippen LogP contribution in [-0.2, 0) is 9.59 Å². The van der Waals surface area contributed by atoms with Gasteiger partial charge in [0.25, 0.3) is 0 Å². The van der Waals surface area contributed by atoms with Crippen molar-refractivity contribution in [2.75, 3.05) is 26.2 Å². The molecule has 2 N–H and O–H groups in total. The van der Waals surface area contributed by atoms with E-state index in [4.69, 9.17) is 0 Å². The first-order valence-corrected chi connectivity index (χ1v) is 6.89. The molecule has 0 aliphatic carbocycles. The van der Waals surface area contributed by atoms with Crippen molar-refractivity contribution in [3.63, 3.8) is 0 Å². The molecule has 0 saturated carbocycles. The summed E-state index contributed by atoms with van der Waals surface area (Å²) in [4.78, 5) is 25.5. The molecule has 0 bridgehead atoms. The van der Waals surface area contributed by atoms with Crippen molar-refractivity contribution in [3.05, 3.63) is 0 Å². The van der Waals surface area contributed by atoms with Crippen LogP contribution in [0.3, 0.4) is 0 Å². The van der Waals surface area contributed by atoms with Gasteiger partial charge in [0.2, 0.25) is 11.8 Å². The lowest BCUT2D eigenvalue weighted by Crippen LogP contribution is -2.49. The number of nitrogens with one attached hydrogen (secondary N) is 2. The van der Waals surface area contributed by atoms with Gasteiger partial charge >= 0.3 is 0 Å². The van der Waals surface area contributed by atoms with Gasteiger partial charge in [-0.05, 0) is 40.2 Å². The van der Waals surface area contributed by atoms with E-state index in [2.05, 4.69) is 10.6 Å². The van der Waals surface area contributed by atoms with Crippen molar-refractivity contribution < 1.29 is 9.59 Å². The van der Waals surface area contributed by atoms with Crippen LogP contribution in [0.1, 0.15) is 33.6 Å². The average molecular weight is 255 g/mol. The Morgan fingerprint density at radius 1 is 1.33 bits per heavy atom. The Bertz CT molecular complexity index is 290. The highest BCUT2D eigenvalue weighted by Gasteiger charge is 2.27. The first kappa shape index (κ1) is 15.0. The molecule has 2 atom stereocenters. The maximum absolute atomic E-state index is 12.0. The van der Waals surface area contributed by atoms with Gasteiger partial charge in [0.15, 0.2) is 0 Å². The molecule has 1 rings (SSSR count). The molecular formula is C13H25N3O2. The zero-order chi connectivity index (χ0) is 13.5. The van der Waals surface area contributed by atoms with Crippen molar-refractivity contribution in [1.82, 2.24) is 15.5 Å². The van der Waals surface area contributed by atoms with E-state index in [0.717, 1.165) is 19.4 Å². The van der Waals surface area contributed by atoms with E-state index in [9.17, 15) is 9.59 Å². The van der Waals surface area contributed by atoms with Crippen LogP contribution in [0, 0.1) is 5.92 Å². The summed E-state index contributed by atoms with van der Waals surface area (Å²) in [5, 5.41) is 6.05. The minimum atomic E-state index is -0.0109. The minimum Gasteiger partial charge on any atom is -0.347 e. The first-order valence-electron chi connectivity index (χ1n) is 6.89. The van der Waals surface area contributed by atoms with Crippen LogP contribution in [0.2, 0.25) is 0 Å². The van der Waals surface area contributed by atoms with Crippen molar-refractivity contribution in [2.45, 2.75) is 39.7 Å². The van der Waals surface area contributed by atoms with Gasteiger partial charge in [0.1, 0.15) is 0 Å². The highest BCUT2D eigenvalue weighted by molar-refractivity contribution is 5.86. The molecule has 18 heavy (non-hydrogen) atoms. The topological polar surface area (TPSA) is 61.4 Å². The normalized spacial score (nSPS) is 23.5. The van der Waals surface area contributed by atoms with Crippen molar-refractivity contribution >= 4 is 11.8 Å². The second-order valence-corrected chi connectivity index (χ2v) is 4.78. The smallest absolute Gasteiger partial charge is 0.241 e. The average Bonchev–Trinajstić information content (AvgIpc) is 2.38. The van der Waals surface area contributed by atoms with E-state index in [1.165, 1.54) is 0 Å². The lowest BCUT2D eigenvalue weighted by molar-refractivity contribution is -0.134. The Balaban J connectivity index is 2.38. The van der Waals surface area contributed by atoms with Crippen LogP contribution >= 0.6 is 0 Å². The van der Waals surface area contributed by atoms with E-state index in [1.54, 1.807) is 4.90 Å². The predicted octanol–water partition coefficient (Wildman–Crippen LogP) is 0.359. The molecule has 1 aliphatic heterocycles. The SMILES string of the molecule is CCN(CC)C(=O)CNC(=O)C1CCCNC1C. The van der Waals surface area contributed by atoms with E-state index in [1.807, 2.05) is 20.8 Å². The Kier molecular flexibility index (Phi) is 6.12. The molecule has 1 fully saturated rings. The number of amides is 2. The number of hydrogen-bond acceptors (Lipinski definition) is 3. The highest BCUT2D eigenvalue weighted by Crippen LogP contribution is 2.15. The maximum Gasteiger partial charge on any atom is 0.241 e. The summed E-state index contributed by atoms with van der Waals surface area (Å²) in [6, 6.07) is 0.197. The molecule has 0 aromatic carbocycles. The number of likely N-dealkylation sites (N-methyl/N-ethyl adjacent to an activating group) is 1. The summed E-state index contributed by atoms with van der Waals surface area (Å²) in [7, 11) is 0. The molecule has 1 heterocycles. The molecule has 0 aromatic rings. The standard InChI is InChI=1S/C13H25N3O2/c1-4-16(5-2)12(17)9-15-13(18)11-7-6-8-14-10(11)3/h10-11,14H,4-9H2,1-3H3,(H,15,18). The van der Waals surface area contributed by atoms with Crippen LogP contribution in [-0.4, -0.2) is 48.9 Å². The molecule has 5 heteroatoms. The van der Waals surface area contributed by atoms with E-state index in [0.29, 0.717) is 13.1 Å². The van der Waals surface area contributed by atoms with Gasteiger partial charge in [0, 0.05) is 19.1 Å². The Labute approximate surface area is 109 Å². The predicted molar refractivity (Wildman–Crippen MR) is 71.1 cm³/mol. The van der Waals surface area contributed by atoms with Crippen molar-refractivity contribution in [1.29, 1.82) is 0 Å². The molecule has 0 spiro atoms. The number of carbonyl (C=O) groups excluding carboxylic acids is 2. The molecule has 2 unspecified atom stereocenters. The van der Waals surface area contributed by atoms with Gasteiger partial charge in [0.05, 0.1) is 12.5 Å². The van der Waals surface area contributed by atoms with Gasteiger partial charge in [-0.1, -0.05) is 0 Å². The molecule has 1 aliphatic rings. The monoisotopic (exact) mass is 255 g/mol. The van der Waals surface area contributed by atoms with Gasteiger partial charge in [-0.25, -0.2) is 0 Å². The summed E-state index contributed by atoms with van der Waals surface area (Å²) in [5.74, 6) is -0.0248. The third kappa shape index (κ3) is 3.98. The zero-order valence-corrected chi connectivity index (χ0v) is 11.7. The summed E-state index contributed by atoms with van der Waals surface area (Å²) in [5.41, 5.74) is 0. The first-order chi connectivity index (χ1) is 8.60. The molecule has 0 radical (unpaired) electrons. The van der Waals surface area contributed by atoms with Crippen LogP contribution in [0.15, 0.2) is 0 Å². The number of rotatable bonds is 5. The summed E-state index contributed by atoms with van der Waals surface area (Å²) in [6.07, 6.45) is 1.92. The molecule has 5 nitrogen and oxygen atoms in total. The fourth-order valence-electron chi connectivity index (χ4n) is 2.38. The van der Waals surface area contributed by atoms with Gasteiger partial charge in [-0.3, -0.25) is 9.59 Å². The maximum atomic E-state index is 12.0. The zero-order valence-electron chi connectivity index (χ0n) is 11.7. The third-order valence-corrected chi connectivity index (χ3v) is 3.63. The van der Waals surface area contributed by atoms with Gasteiger partial charge < -0.3 is 15.5 Å². The second-order valence-electron chi connectivity index (χ2n) is 4.78. The highest BCUT2D eigenvalue weighted by atomic mass is 16.2. The van der Waals surface area contributed by atoms with Gasteiger partial charge in [-0.15, -0.1) is 0 Å². The Morgan fingerprint density at radius 2 is 2.00 bits per heavy atom. The quantitative estimate of drug-likeness (QED) is 0.745. The number of nitrogens with zero attached hydrogens (tertiary/aromatic N) is 1. The molecule has 1 saturated heterocycles. The van der Waals surface area contributed by atoms with E-state index < -0.39 is 0 Å². The lowest BCUT2D eigenvalue weighted by Gasteiger charge is -2.29. The van der Waals surface area contributed by atoms with Crippen molar-refractivity contribution in [3.8, 4) is 0 Å². The second kappa shape index (κ2) is 7.36. The van der Waals surface area contributed by atoms with E-state index >= 15 is 0 Å². The summed E-state index contributed by atoms with van der Waals surface area (Å²) in [6.45, 7) is 8.37. The number of carbonyl (C=O) groups is 2. The van der Waals surface area contributed by atoms with Crippen molar-refractivity contribution in [2.24, 2.45) is 5.92 Å². The fraction of sp³-hybridized carbons (Fsp3) is 0.846. The van der Waals surface area contributed by atoms with E-state index in [-0.39, 0.29) is 30.3 Å². The molecular weight excluding hydrogens is 230 g/mol. The van der Waals surface area contributed by atoms with Crippen LogP contribution < -0.4 is 10.6 Å². The Morgan fingerprint density at radius 3 is 2.56 bits per heavy atom.